The van der Waals surface area contributed by atoms with Gasteiger partial charge in [-0.25, -0.2) is 8.42 Å². The van der Waals surface area contributed by atoms with Crippen molar-refractivity contribution in [2.75, 3.05) is 19.3 Å². The van der Waals surface area contributed by atoms with E-state index in [9.17, 15) is 13.2 Å². The van der Waals surface area contributed by atoms with Crippen LogP contribution in [-0.2, 0) is 14.8 Å². The number of carbonyl (C=O) groups excluding carboxylic acids is 1. The van der Waals surface area contributed by atoms with E-state index in [1.54, 1.807) is 6.92 Å². The Kier molecular flexibility index (Phi) is 2.63. The van der Waals surface area contributed by atoms with Crippen molar-refractivity contribution in [3.8, 4) is 0 Å². The van der Waals surface area contributed by atoms with Gasteiger partial charge in [0.2, 0.25) is 15.9 Å². The van der Waals surface area contributed by atoms with E-state index >= 15 is 0 Å². The van der Waals surface area contributed by atoms with Gasteiger partial charge in [-0.15, -0.1) is 0 Å². The molecular formula is C7H14N2O3S. The fourth-order valence-electron chi connectivity index (χ4n) is 1.30. The maximum absolute atomic E-state index is 11.5. The summed E-state index contributed by atoms with van der Waals surface area (Å²) in [6.07, 6.45) is 1.66. The summed E-state index contributed by atoms with van der Waals surface area (Å²) in [5.74, 6) is -0.417. The standard InChI is InChI=1S/C7H14N2O3S/c1-7(3-4-8-5-7)6(10)9-13(2,11)12/h8H,3-5H2,1-2H3,(H,9,10). The molecule has 5 nitrogen and oxygen atoms in total. The summed E-state index contributed by atoms with van der Waals surface area (Å²) in [6, 6.07) is 0. The van der Waals surface area contributed by atoms with Crippen LogP contribution in [0, 0.1) is 5.41 Å². The largest absolute Gasteiger partial charge is 0.316 e. The number of amides is 1. The lowest BCUT2D eigenvalue weighted by Crippen LogP contribution is -2.42. The fourth-order valence-corrected chi connectivity index (χ4v) is 1.89. The summed E-state index contributed by atoms with van der Waals surface area (Å²) >= 11 is 0. The molecule has 0 radical (unpaired) electrons. The van der Waals surface area contributed by atoms with Crippen molar-refractivity contribution < 1.29 is 13.2 Å². The molecule has 0 aromatic heterocycles. The molecule has 1 amide bonds. The van der Waals surface area contributed by atoms with Crippen LogP contribution in [-0.4, -0.2) is 33.7 Å². The van der Waals surface area contributed by atoms with E-state index in [-0.39, 0.29) is 0 Å². The summed E-state index contributed by atoms with van der Waals surface area (Å²) in [6.45, 7) is 3.05. The minimum absolute atomic E-state index is 0.417. The Bertz CT molecular complexity index is 304. The number of carbonyl (C=O) groups is 1. The lowest BCUT2D eigenvalue weighted by Gasteiger charge is -2.20. The van der Waals surface area contributed by atoms with Crippen LogP contribution in [0.3, 0.4) is 0 Å². The van der Waals surface area contributed by atoms with Gasteiger partial charge in [-0.2, -0.15) is 0 Å². The minimum Gasteiger partial charge on any atom is -0.316 e. The average Bonchev–Trinajstić information content (AvgIpc) is 2.33. The quantitative estimate of drug-likeness (QED) is 0.611. The Morgan fingerprint density at radius 1 is 1.54 bits per heavy atom. The lowest BCUT2D eigenvalue weighted by molar-refractivity contribution is -0.127. The molecule has 0 aromatic rings. The van der Waals surface area contributed by atoms with Crippen LogP contribution in [0.25, 0.3) is 0 Å². The van der Waals surface area contributed by atoms with Gasteiger partial charge >= 0.3 is 0 Å². The molecule has 2 N–H and O–H groups in total. The molecule has 0 aromatic carbocycles. The average molecular weight is 206 g/mol. The molecule has 13 heavy (non-hydrogen) atoms. The van der Waals surface area contributed by atoms with E-state index < -0.39 is 21.3 Å². The minimum atomic E-state index is -3.43. The highest BCUT2D eigenvalue weighted by Gasteiger charge is 2.37. The second-order valence-corrected chi connectivity index (χ2v) is 5.44. The first-order valence-electron chi connectivity index (χ1n) is 4.06. The molecule has 1 atom stereocenters. The first kappa shape index (κ1) is 10.5. The van der Waals surface area contributed by atoms with E-state index in [4.69, 9.17) is 0 Å². The zero-order chi connectivity index (χ0) is 10.1. The number of hydrogen-bond acceptors (Lipinski definition) is 4. The number of rotatable bonds is 2. The molecule has 1 aliphatic rings. The third-order valence-corrected chi connectivity index (χ3v) is 2.75. The molecule has 0 bridgehead atoms. The van der Waals surface area contributed by atoms with Gasteiger partial charge in [-0.05, 0) is 19.9 Å². The van der Waals surface area contributed by atoms with Gasteiger partial charge in [-0.1, -0.05) is 0 Å². The number of nitrogens with one attached hydrogen (secondary N) is 2. The summed E-state index contributed by atoms with van der Waals surface area (Å²) in [4.78, 5) is 11.5. The lowest BCUT2D eigenvalue weighted by atomic mass is 9.89. The van der Waals surface area contributed by atoms with Gasteiger partial charge < -0.3 is 5.32 Å². The molecule has 0 spiro atoms. The van der Waals surface area contributed by atoms with Crippen molar-refractivity contribution in [3.05, 3.63) is 0 Å². The number of sulfonamides is 1. The first-order chi connectivity index (χ1) is 5.83. The van der Waals surface area contributed by atoms with Crippen LogP contribution in [0.5, 0.6) is 0 Å². The highest BCUT2D eigenvalue weighted by atomic mass is 32.2. The summed E-state index contributed by atoms with van der Waals surface area (Å²) in [7, 11) is -3.43. The molecule has 0 aliphatic carbocycles. The fraction of sp³-hybridized carbons (Fsp3) is 0.857. The van der Waals surface area contributed by atoms with Crippen molar-refractivity contribution in [1.29, 1.82) is 0 Å². The third-order valence-electron chi connectivity index (χ3n) is 2.19. The van der Waals surface area contributed by atoms with Gasteiger partial charge in [0, 0.05) is 6.54 Å². The Hall–Kier alpha value is -0.620. The SMILES string of the molecule is CC1(C(=O)NS(C)(=O)=O)CCNC1. The molecular weight excluding hydrogens is 192 g/mol. The van der Waals surface area contributed by atoms with Crippen LogP contribution in [0.2, 0.25) is 0 Å². The van der Waals surface area contributed by atoms with E-state index in [2.05, 4.69) is 5.32 Å². The van der Waals surface area contributed by atoms with E-state index in [1.807, 2.05) is 4.72 Å². The normalized spacial score (nSPS) is 28.8. The van der Waals surface area contributed by atoms with Crippen molar-refractivity contribution in [3.63, 3.8) is 0 Å². The Morgan fingerprint density at radius 3 is 2.54 bits per heavy atom. The monoisotopic (exact) mass is 206 g/mol. The molecule has 1 heterocycles. The van der Waals surface area contributed by atoms with Crippen LogP contribution in [0.15, 0.2) is 0 Å². The zero-order valence-corrected chi connectivity index (χ0v) is 8.57. The highest BCUT2D eigenvalue weighted by molar-refractivity contribution is 7.89. The summed E-state index contributed by atoms with van der Waals surface area (Å²) in [5, 5.41) is 3.02. The van der Waals surface area contributed by atoms with Gasteiger partial charge in [-0.3, -0.25) is 9.52 Å². The highest BCUT2D eigenvalue weighted by Crippen LogP contribution is 2.24. The van der Waals surface area contributed by atoms with E-state index in [1.165, 1.54) is 0 Å². The maximum atomic E-state index is 11.5. The Balaban J connectivity index is 2.67. The van der Waals surface area contributed by atoms with Crippen LogP contribution >= 0.6 is 0 Å². The third kappa shape index (κ3) is 2.67. The van der Waals surface area contributed by atoms with Crippen molar-refractivity contribution >= 4 is 15.9 Å². The predicted molar refractivity (Wildman–Crippen MR) is 48.6 cm³/mol. The molecule has 1 fully saturated rings. The number of hydrogen-bond donors (Lipinski definition) is 2. The maximum Gasteiger partial charge on any atom is 0.240 e. The van der Waals surface area contributed by atoms with Gasteiger partial charge in [0.15, 0.2) is 0 Å². The van der Waals surface area contributed by atoms with Crippen molar-refractivity contribution in [2.24, 2.45) is 5.41 Å². The summed E-state index contributed by atoms with van der Waals surface area (Å²) < 4.78 is 23.6. The van der Waals surface area contributed by atoms with Crippen molar-refractivity contribution in [1.82, 2.24) is 10.0 Å². The topological polar surface area (TPSA) is 75.3 Å². The molecule has 1 unspecified atom stereocenters. The Labute approximate surface area is 77.9 Å². The second kappa shape index (κ2) is 3.26. The molecule has 0 saturated carbocycles. The molecule has 1 aliphatic heterocycles. The van der Waals surface area contributed by atoms with Gasteiger partial charge in [0.05, 0.1) is 11.7 Å². The van der Waals surface area contributed by atoms with Gasteiger partial charge in [0.25, 0.3) is 0 Å². The molecule has 1 rings (SSSR count). The molecule has 6 heteroatoms. The molecule has 1 saturated heterocycles. The van der Waals surface area contributed by atoms with Crippen molar-refractivity contribution in [2.45, 2.75) is 13.3 Å². The second-order valence-electron chi connectivity index (χ2n) is 3.69. The molecule has 76 valence electrons. The first-order valence-corrected chi connectivity index (χ1v) is 5.96. The van der Waals surface area contributed by atoms with Crippen LogP contribution in [0.4, 0.5) is 0 Å². The van der Waals surface area contributed by atoms with Crippen LogP contribution < -0.4 is 10.0 Å². The smallest absolute Gasteiger partial charge is 0.240 e. The van der Waals surface area contributed by atoms with Gasteiger partial charge in [0.1, 0.15) is 0 Å². The summed E-state index contributed by atoms with van der Waals surface area (Å²) in [5.41, 5.74) is -0.580. The van der Waals surface area contributed by atoms with E-state index in [0.29, 0.717) is 13.0 Å². The zero-order valence-electron chi connectivity index (χ0n) is 7.75. The van der Waals surface area contributed by atoms with Crippen LogP contribution in [0.1, 0.15) is 13.3 Å². The predicted octanol–water partition coefficient (Wildman–Crippen LogP) is -0.938. The Morgan fingerprint density at radius 2 is 2.15 bits per heavy atom. The van der Waals surface area contributed by atoms with E-state index in [0.717, 1.165) is 12.8 Å².